The van der Waals surface area contributed by atoms with Gasteiger partial charge in [0.2, 0.25) is 0 Å². The quantitative estimate of drug-likeness (QED) is 0.658. The zero-order chi connectivity index (χ0) is 10.7. The van der Waals surface area contributed by atoms with E-state index >= 15 is 0 Å². The van der Waals surface area contributed by atoms with E-state index < -0.39 is 0 Å². The Bertz CT molecular complexity index is 577. The maximum atomic E-state index is 2.30. The maximum absolute atomic E-state index is 2.30. The topological polar surface area (TPSA) is 0 Å². The number of hydrogen-bond donors (Lipinski definition) is 0. The molecule has 0 saturated heterocycles. The van der Waals surface area contributed by atoms with Crippen LogP contribution in [0.1, 0.15) is 20.3 Å². The van der Waals surface area contributed by atoms with Gasteiger partial charge in [-0.3, -0.25) is 0 Å². The van der Waals surface area contributed by atoms with Crippen LogP contribution in [0.2, 0.25) is 0 Å². The molecule has 0 bridgehead atoms. The highest BCUT2D eigenvalue weighted by molar-refractivity contribution is 5.83. The molecule has 0 fully saturated rings. The van der Waals surface area contributed by atoms with E-state index in [1.807, 2.05) is 0 Å². The first kappa shape index (κ1) is 9.97. The summed E-state index contributed by atoms with van der Waals surface area (Å²) in [6.45, 7) is 4.28. The van der Waals surface area contributed by atoms with Crippen molar-refractivity contribution < 1.29 is 0 Å². The second-order valence-corrected chi connectivity index (χ2v) is 3.69. The Morgan fingerprint density at radius 3 is 2.60 bits per heavy atom. The molecule has 0 saturated carbocycles. The summed E-state index contributed by atoms with van der Waals surface area (Å²) in [5, 5.41) is 5.38. The molecule has 0 atom stereocenters. The second kappa shape index (κ2) is 4.31. The van der Waals surface area contributed by atoms with Crippen molar-refractivity contribution in [1.82, 2.24) is 0 Å². The van der Waals surface area contributed by atoms with Crippen LogP contribution in [0, 0.1) is 0 Å². The van der Waals surface area contributed by atoms with Crippen LogP contribution in [0.3, 0.4) is 0 Å². The molecule has 0 aliphatic rings. The van der Waals surface area contributed by atoms with E-state index in [4.69, 9.17) is 0 Å². The predicted octanol–water partition coefficient (Wildman–Crippen LogP) is 2.83. The van der Waals surface area contributed by atoms with Gasteiger partial charge in [0.15, 0.2) is 0 Å². The van der Waals surface area contributed by atoms with Crippen molar-refractivity contribution in [3.8, 4) is 0 Å². The lowest BCUT2D eigenvalue weighted by atomic mass is 10.1. The molecule has 0 nitrogen and oxygen atoms in total. The van der Waals surface area contributed by atoms with Crippen molar-refractivity contribution in [3.05, 3.63) is 46.8 Å². The third-order valence-corrected chi connectivity index (χ3v) is 2.72. The van der Waals surface area contributed by atoms with Gasteiger partial charge in [0.1, 0.15) is 0 Å². The Morgan fingerprint density at radius 2 is 1.87 bits per heavy atom. The van der Waals surface area contributed by atoms with Crippen LogP contribution in [0.4, 0.5) is 0 Å². The lowest BCUT2D eigenvalue weighted by molar-refractivity contribution is 1.29. The van der Waals surface area contributed by atoms with E-state index in [1.165, 1.54) is 21.2 Å². The molecule has 0 radical (unpaired) electrons. The molecular formula is C15H16. The van der Waals surface area contributed by atoms with Crippen LogP contribution in [0.15, 0.2) is 36.4 Å². The molecule has 0 amide bonds. The number of rotatable bonds is 1. The first-order chi connectivity index (χ1) is 7.36. The summed E-state index contributed by atoms with van der Waals surface area (Å²) in [6.07, 6.45) is 5.56. The fourth-order valence-electron chi connectivity index (χ4n) is 2.00. The largest absolute Gasteiger partial charge is 0.0798 e. The monoisotopic (exact) mass is 196 g/mol. The Kier molecular flexibility index (Phi) is 2.86. The molecule has 0 aromatic heterocycles. The first-order valence-electron chi connectivity index (χ1n) is 5.51. The molecular weight excluding hydrogens is 180 g/mol. The third-order valence-electron chi connectivity index (χ3n) is 2.72. The van der Waals surface area contributed by atoms with Crippen molar-refractivity contribution in [2.24, 2.45) is 0 Å². The smallest absolute Gasteiger partial charge is 0.0109 e. The standard InChI is InChI=1S/C15H16/c1-3-7-14-12(4-2)10-11-13-8-5-6-9-15(13)14/h4-11H,3H2,1-2H3/b12-4-,14-7+. The highest BCUT2D eigenvalue weighted by Crippen LogP contribution is 2.06. The van der Waals surface area contributed by atoms with Crippen LogP contribution < -0.4 is 10.4 Å². The fraction of sp³-hybridized carbons (Fsp3) is 0.200. The molecule has 76 valence electrons. The average Bonchev–Trinajstić information content (AvgIpc) is 2.30. The van der Waals surface area contributed by atoms with Gasteiger partial charge in [0, 0.05) is 0 Å². The first-order valence-corrected chi connectivity index (χ1v) is 5.51. The van der Waals surface area contributed by atoms with Gasteiger partial charge in [-0.1, -0.05) is 55.5 Å². The van der Waals surface area contributed by atoms with Gasteiger partial charge < -0.3 is 0 Å². The molecule has 0 heteroatoms. The lowest BCUT2D eigenvalue weighted by Gasteiger charge is -1.99. The summed E-state index contributed by atoms with van der Waals surface area (Å²) in [4.78, 5) is 0. The maximum Gasteiger partial charge on any atom is -0.0109 e. The minimum absolute atomic E-state index is 1.08. The second-order valence-electron chi connectivity index (χ2n) is 3.69. The number of hydrogen-bond acceptors (Lipinski definition) is 0. The Hall–Kier alpha value is -1.56. The van der Waals surface area contributed by atoms with E-state index in [9.17, 15) is 0 Å². The van der Waals surface area contributed by atoms with Crippen molar-refractivity contribution in [3.63, 3.8) is 0 Å². The Labute approximate surface area is 90.6 Å². The molecule has 0 N–H and O–H groups in total. The van der Waals surface area contributed by atoms with E-state index in [2.05, 4.69) is 62.4 Å². The summed E-state index contributed by atoms with van der Waals surface area (Å²) in [5.41, 5.74) is 0. The predicted molar refractivity (Wildman–Crippen MR) is 68.1 cm³/mol. The Balaban J connectivity index is 2.99. The van der Waals surface area contributed by atoms with Crippen LogP contribution in [0.5, 0.6) is 0 Å². The molecule has 2 rings (SSSR count). The Morgan fingerprint density at radius 1 is 1.07 bits per heavy atom. The van der Waals surface area contributed by atoms with E-state index in [0.29, 0.717) is 0 Å². The molecule has 0 unspecified atom stereocenters. The number of benzene rings is 2. The molecule has 0 spiro atoms. The van der Waals surface area contributed by atoms with Gasteiger partial charge in [-0.25, -0.2) is 0 Å². The zero-order valence-electron chi connectivity index (χ0n) is 9.33. The molecule has 15 heavy (non-hydrogen) atoms. The van der Waals surface area contributed by atoms with Crippen molar-refractivity contribution in [1.29, 1.82) is 0 Å². The van der Waals surface area contributed by atoms with Crippen molar-refractivity contribution in [2.45, 2.75) is 20.3 Å². The molecule has 0 aliphatic carbocycles. The van der Waals surface area contributed by atoms with Gasteiger partial charge in [-0.15, -0.1) is 0 Å². The number of fused-ring (bicyclic) bond motifs is 1. The highest BCUT2D eigenvalue weighted by atomic mass is 14.0. The van der Waals surface area contributed by atoms with Gasteiger partial charge in [0.25, 0.3) is 0 Å². The minimum Gasteiger partial charge on any atom is -0.0798 e. The van der Waals surface area contributed by atoms with Gasteiger partial charge >= 0.3 is 0 Å². The van der Waals surface area contributed by atoms with E-state index in [1.54, 1.807) is 0 Å². The minimum atomic E-state index is 1.08. The molecule has 2 aromatic rings. The van der Waals surface area contributed by atoms with Crippen LogP contribution >= 0.6 is 0 Å². The van der Waals surface area contributed by atoms with Crippen LogP contribution in [0.25, 0.3) is 22.9 Å². The summed E-state index contributed by atoms with van der Waals surface area (Å²) in [5.74, 6) is 0. The normalized spacial score (nSPS) is 13.7. The van der Waals surface area contributed by atoms with Crippen molar-refractivity contribution in [2.75, 3.05) is 0 Å². The lowest BCUT2D eigenvalue weighted by Crippen LogP contribution is -2.24. The van der Waals surface area contributed by atoms with E-state index in [-0.39, 0.29) is 0 Å². The summed E-state index contributed by atoms with van der Waals surface area (Å²) < 4.78 is 0. The van der Waals surface area contributed by atoms with E-state index in [0.717, 1.165) is 6.42 Å². The summed E-state index contributed by atoms with van der Waals surface area (Å²) in [7, 11) is 0. The fourth-order valence-corrected chi connectivity index (χ4v) is 2.00. The van der Waals surface area contributed by atoms with Gasteiger partial charge in [0.05, 0.1) is 0 Å². The summed E-state index contributed by atoms with van der Waals surface area (Å²) >= 11 is 0. The average molecular weight is 196 g/mol. The molecule has 0 aliphatic heterocycles. The molecule has 2 aromatic carbocycles. The SMILES string of the molecule is C/C=c1/ccc2ccccc2/c1=C/CC. The van der Waals surface area contributed by atoms with Crippen LogP contribution in [-0.2, 0) is 0 Å². The molecule has 0 heterocycles. The zero-order valence-corrected chi connectivity index (χ0v) is 9.33. The van der Waals surface area contributed by atoms with Gasteiger partial charge in [-0.2, -0.15) is 0 Å². The third kappa shape index (κ3) is 1.80. The van der Waals surface area contributed by atoms with Crippen molar-refractivity contribution >= 4 is 22.9 Å². The van der Waals surface area contributed by atoms with Crippen LogP contribution in [-0.4, -0.2) is 0 Å². The summed E-state index contributed by atoms with van der Waals surface area (Å²) in [6, 6.07) is 13.0. The highest BCUT2D eigenvalue weighted by Gasteiger charge is 1.93. The van der Waals surface area contributed by atoms with Gasteiger partial charge in [-0.05, 0) is 34.6 Å².